The zero-order valence-corrected chi connectivity index (χ0v) is 12.1. The second-order valence-corrected chi connectivity index (χ2v) is 5.69. The van der Waals surface area contributed by atoms with E-state index in [0.717, 1.165) is 19.7 Å². The number of nitrogens with one attached hydrogen (secondary N) is 1. The van der Waals surface area contributed by atoms with Crippen LogP contribution in [-0.4, -0.2) is 45.8 Å². The Balaban J connectivity index is 2.36. The number of nitrogens with zero attached hydrogens (tertiary/aromatic N) is 1. The zero-order valence-electron chi connectivity index (χ0n) is 11.3. The smallest absolute Gasteiger partial charge is 0.0561 e. The van der Waals surface area contributed by atoms with E-state index in [1.165, 1.54) is 4.88 Å². The first-order valence-corrected chi connectivity index (χ1v) is 6.92. The van der Waals surface area contributed by atoms with Gasteiger partial charge in [-0.2, -0.15) is 0 Å². The van der Waals surface area contributed by atoms with Crippen LogP contribution >= 0.6 is 11.3 Å². The van der Waals surface area contributed by atoms with Crippen LogP contribution in [0.5, 0.6) is 0 Å². The Morgan fingerprint density at radius 3 is 2.71 bits per heavy atom. The first-order valence-electron chi connectivity index (χ1n) is 6.04. The minimum atomic E-state index is 0.463. The van der Waals surface area contributed by atoms with Gasteiger partial charge in [0.25, 0.3) is 0 Å². The number of hydrogen-bond donors (Lipinski definition) is 1. The van der Waals surface area contributed by atoms with Crippen molar-refractivity contribution in [2.24, 2.45) is 5.92 Å². The van der Waals surface area contributed by atoms with Crippen molar-refractivity contribution in [2.45, 2.75) is 13.0 Å². The predicted octanol–water partition coefficient (Wildman–Crippen LogP) is 2.22. The minimum absolute atomic E-state index is 0.463. The Hall–Kier alpha value is -0.420. The summed E-state index contributed by atoms with van der Waals surface area (Å²) in [5, 5.41) is 5.66. The van der Waals surface area contributed by atoms with Crippen LogP contribution in [0.3, 0.4) is 0 Å². The van der Waals surface area contributed by atoms with Gasteiger partial charge in [-0.25, -0.2) is 0 Å². The number of likely N-dealkylation sites (N-methyl/N-ethyl adjacent to an activating group) is 1. The fourth-order valence-electron chi connectivity index (χ4n) is 1.83. The zero-order chi connectivity index (χ0) is 12.7. The van der Waals surface area contributed by atoms with E-state index < -0.39 is 0 Å². The third-order valence-electron chi connectivity index (χ3n) is 2.78. The summed E-state index contributed by atoms with van der Waals surface area (Å²) < 4.78 is 5.13. The molecule has 1 rings (SSSR count). The summed E-state index contributed by atoms with van der Waals surface area (Å²) in [6.45, 7) is 5.01. The average Bonchev–Trinajstić information content (AvgIpc) is 2.77. The Bertz CT molecular complexity index is 288. The van der Waals surface area contributed by atoms with Crippen LogP contribution in [0.2, 0.25) is 0 Å². The maximum Gasteiger partial charge on any atom is 0.0561 e. The third-order valence-corrected chi connectivity index (χ3v) is 3.75. The first-order chi connectivity index (χ1) is 8.15. The maximum atomic E-state index is 5.13. The van der Waals surface area contributed by atoms with Crippen molar-refractivity contribution >= 4 is 11.3 Å². The molecule has 0 fully saturated rings. The summed E-state index contributed by atoms with van der Waals surface area (Å²) in [6.07, 6.45) is 0. The molecular formula is C13H24N2OS. The highest BCUT2D eigenvalue weighted by Crippen LogP contribution is 2.22. The van der Waals surface area contributed by atoms with E-state index in [0.29, 0.717) is 12.0 Å². The first kappa shape index (κ1) is 14.6. The van der Waals surface area contributed by atoms with Gasteiger partial charge in [-0.1, -0.05) is 13.0 Å². The van der Waals surface area contributed by atoms with Crippen LogP contribution < -0.4 is 5.32 Å². The Labute approximate surface area is 109 Å². The molecule has 0 aliphatic carbocycles. The van der Waals surface area contributed by atoms with Crippen molar-refractivity contribution in [1.82, 2.24) is 10.2 Å². The summed E-state index contributed by atoms with van der Waals surface area (Å²) >= 11 is 1.82. The van der Waals surface area contributed by atoms with Gasteiger partial charge in [-0.15, -0.1) is 11.3 Å². The Morgan fingerprint density at radius 2 is 2.18 bits per heavy atom. The Kier molecular flexibility index (Phi) is 6.73. The molecule has 1 heterocycles. The molecule has 2 unspecified atom stereocenters. The molecule has 3 nitrogen and oxygen atoms in total. The number of rotatable bonds is 8. The van der Waals surface area contributed by atoms with Crippen LogP contribution in [0.15, 0.2) is 17.5 Å². The predicted molar refractivity (Wildman–Crippen MR) is 74.7 cm³/mol. The van der Waals surface area contributed by atoms with Gasteiger partial charge in [-0.05, 0) is 38.0 Å². The van der Waals surface area contributed by atoms with Crippen LogP contribution in [0.25, 0.3) is 0 Å². The lowest BCUT2D eigenvalue weighted by Crippen LogP contribution is -2.33. The fraction of sp³-hybridized carbons (Fsp3) is 0.692. The summed E-state index contributed by atoms with van der Waals surface area (Å²) in [5.41, 5.74) is 0. The highest BCUT2D eigenvalue weighted by Gasteiger charge is 2.14. The molecule has 0 amide bonds. The van der Waals surface area contributed by atoms with E-state index in [-0.39, 0.29) is 0 Å². The second-order valence-electron chi connectivity index (χ2n) is 4.71. The van der Waals surface area contributed by atoms with E-state index in [2.05, 4.69) is 48.7 Å². The monoisotopic (exact) mass is 256 g/mol. The van der Waals surface area contributed by atoms with E-state index in [9.17, 15) is 0 Å². The molecule has 17 heavy (non-hydrogen) atoms. The largest absolute Gasteiger partial charge is 0.384 e. The lowest BCUT2D eigenvalue weighted by atomic mass is 10.2. The van der Waals surface area contributed by atoms with Gasteiger partial charge < -0.3 is 15.0 Å². The van der Waals surface area contributed by atoms with Crippen LogP contribution in [-0.2, 0) is 4.74 Å². The van der Waals surface area contributed by atoms with Crippen LogP contribution in [0, 0.1) is 5.92 Å². The molecule has 1 aromatic heterocycles. The molecule has 0 saturated heterocycles. The molecule has 0 aliphatic rings. The van der Waals surface area contributed by atoms with Crippen molar-refractivity contribution in [3.8, 4) is 0 Å². The molecule has 0 saturated carbocycles. The third kappa shape index (κ3) is 5.17. The van der Waals surface area contributed by atoms with Gasteiger partial charge in [0.1, 0.15) is 0 Å². The number of hydrogen-bond acceptors (Lipinski definition) is 4. The van der Waals surface area contributed by atoms with E-state index in [1.807, 2.05) is 11.3 Å². The van der Waals surface area contributed by atoms with Gasteiger partial charge in [0.05, 0.1) is 6.04 Å². The van der Waals surface area contributed by atoms with Crippen LogP contribution in [0.1, 0.15) is 17.8 Å². The Morgan fingerprint density at radius 1 is 1.41 bits per heavy atom. The van der Waals surface area contributed by atoms with Gasteiger partial charge in [-0.3, -0.25) is 0 Å². The molecule has 0 aromatic carbocycles. The van der Waals surface area contributed by atoms with E-state index in [4.69, 9.17) is 4.74 Å². The number of ether oxygens (including phenoxy) is 1. The fourth-order valence-corrected chi connectivity index (χ4v) is 2.75. The van der Waals surface area contributed by atoms with Crippen molar-refractivity contribution in [2.75, 3.05) is 40.9 Å². The lowest BCUT2D eigenvalue weighted by molar-refractivity contribution is 0.157. The van der Waals surface area contributed by atoms with Gasteiger partial charge in [0, 0.05) is 25.1 Å². The molecule has 0 spiro atoms. The maximum absolute atomic E-state index is 5.13. The van der Waals surface area contributed by atoms with Gasteiger partial charge in [0.15, 0.2) is 0 Å². The van der Waals surface area contributed by atoms with E-state index >= 15 is 0 Å². The normalized spacial score (nSPS) is 15.1. The van der Waals surface area contributed by atoms with Crippen molar-refractivity contribution in [1.29, 1.82) is 0 Å². The lowest BCUT2D eigenvalue weighted by Gasteiger charge is -2.24. The van der Waals surface area contributed by atoms with Crippen molar-refractivity contribution in [3.05, 3.63) is 22.4 Å². The SMILES string of the molecule is COCC(C)CNCC(c1cccs1)N(C)C. The minimum Gasteiger partial charge on any atom is -0.384 e. The highest BCUT2D eigenvalue weighted by molar-refractivity contribution is 7.10. The molecule has 98 valence electrons. The summed E-state index contributed by atoms with van der Waals surface area (Å²) in [7, 11) is 6.01. The molecule has 4 heteroatoms. The quantitative estimate of drug-likeness (QED) is 0.772. The van der Waals surface area contributed by atoms with E-state index in [1.54, 1.807) is 7.11 Å². The van der Waals surface area contributed by atoms with Gasteiger partial charge >= 0.3 is 0 Å². The molecule has 2 atom stereocenters. The second kappa shape index (κ2) is 7.82. The molecular weight excluding hydrogens is 232 g/mol. The summed E-state index contributed by atoms with van der Waals surface area (Å²) in [4.78, 5) is 3.68. The van der Waals surface area contributed by atoms with Crippen molar-refractivity contribution < 1.29 is 4.74 Å². The number of thiophene rings is 1. The highest BCUT2D eigenvalue weighted by atomic mass is 32.1. The standard InChI is InChI=1S/C13H24N2OS/c1-11(10-16-4)8-14-9-12(15(2)3)13-6-5-7-17-13/h5-7,11-12,14H,8-10H2,1-4H3. The van der Waals surface area contributed by atoms with Crippen LogP contribution in [0.4, 0.5) is 0 Å². The van der Waals surface area contributed by atoms with Gasteiger partial charge in [0.2, 0.25) is 0 Å². The molecule has 1 N–H and O–H groups in total. The molecule has 1 aromatic rings. The average molecular weight is 256 g/mol. The molecule has 0 radical (unpaired) electrons. The topological polar surface area (TPSA) is 24.5 Å². The summed E-state index contributed by atoms with van der Waals surface area (Å²) in [5.74, 6) is 0.561. The summed E-state index contributed by atoms with van der Waals surface area (Å²) in [6, 6.07) is 4.78. The number of methoxy groups -OCH3 is 1. The molecule has 0 bridgehead atoms. The molecule has 0 aliphatic heterocycles. The van der Waals surface area contributed by atoms with Crippen molar-refractivity contribution in [3.63, 3.8) is 0 Å².